The van der Waals surface area contributed by atoms with E-state index in [0.717, 1.165) is 21.9 Å². The number of carbonyl (C=O) groups excluding carboxylic acids is 2. The Bertz CT molecular complexity index is 809. The Kier molecular flexibility index (Phi) is 5.95. The molecule has 0 saturated carbocycles. The second kappa shape index (κ2) is 8.21. The molecule has 2 aromatic rings. The van der Waals surface area contributed by atoms with E-state index >= 15 is 0 Å². The van der Waals surface area contributed by atoms with Gasteiger partial charge in [0.1, 0.15) is 17.7 Å². The summed E-state index contributed by atoms with van der Waals surface area (Å²) in [6.45, 7) is 2.45. The second-order valence-corrected chi connectivity index (χ2v) is 7.66. The maximum Gasteiger partial charge on any atom is 0.411 e. The highest BCUT2D eigenvalue weighted by molar-refractivity contribution is 9.10. The van der Waals surface area contributed by atoms with Gasteiger partial charge in [-0.05, 0) is 48.7 Å². The van der Waals surface area contributed by atoms with Crippen LogP contribution in [0.25, 0.3) is 0 Å². The number of ether oxygens (including phenoxy) is 1. The van der Waals surface area contributed by atoms with Gasteiger partial charge in [0.05, 0.1) is 6.04 Å². The molecule has 6 heteroatoms. The number of aldehydes is 1. The van der Waals surface area contributed by atoms with E-state index < -0.39 is 11.7 Å². The van der Waals surface area contributed by atoms with Crippen LogP contribution in [-0.2, 0) is 15.1 Å². The number of hydrogen-bond acceptors (Lipinski definition) is 3. The Morgan fingerprint density at radius 2 is 1.89 bits per heavy atom. The number of nitrogens with zero attached hydrogens (tertiary/aromatic N) is 1. The highest BCUT2D eigenvalue weighted by Gasteiger charge is 2.43. The molecule has 1 aliphatic rings. The third-order valence-electron chi connectivity index (χ3n) is 5.13. The lowest BCUT2D eigenvalue weighted by Crippen LogP contribution is -2.48. The standard InChI is InChI=1S/C21H21BrFNO3/c1-15(16-3-7-18(22)8-4-16)24-13-12-21(11-2-14-25,27-20(24)26)17-5-9-19(23)10-6-17/h3-10,14-15H,2,11-13H2,1H3/t15-,21+/m0/s1. The summed E-state index contributed by atoms with van der Waals surface area (Å²) >= 11 is 3.41. The van der Waals surface area contributed by atoms with Crippen LogP contribution >= 0.6 is 15.9 Å². The fraction of sp³-hybridized carbons (Fsp3) is 0.333. The van der Waals surface area contributed by atoms with Crippen molar-refractivity contribution in [3.8, 4) is 0 Å². The molecule has 1 saturated heterocycles. The molecule has 0 spiro atoms. The molecule has 1 aliphatic heterocycles. The molecular weight excluding hydrogens is 413 g/mol. The fourth-order valence-corrected chi connectivity index (χ4v) is 3.78. The SMILES string of the molecule is C[C@@H](c1ccc(Br)cc1)N1CC[C@](CCC=O)(c2ccc(F)cc2)OC1=O. The van der Waals surface area contributed by atoms with E-state index in [4.69, 9.17) is 4.74 Å². The van der Waals surface area contributed by atoms with Crippen LogP contribution in [0.2, 0.25) is 0 Å². The average Bonchev–Trinajstić information content (AvgIpc) is 2.67. The minimum Gasteiger partial charge on any atom is -0.438 e. The number of benzene rings is 2. The topological polar surface area (TPSA) is 46.6 Å². The van der Waals surface area contributed by atoms with E-state index in [0.29, 0.717) is 19.4 Å². The van der Waals surface area contributed by atoms with Crippen molar-refractivity contribution in [2.75, 3.05) is 6.54 Å². The van der Waals surface area contributed by atoms with Gasteiger partial charge in [-0.15, -0.1) is 0 Å². The Hall–Kier alpha value is -2.21. The zero-order valence-electron chi connectivity index (χ0n) is 15.0. The summed E-state index contributed by atoms with van der Waals surface area (Å²) in [5, 5.41) is 0. The quantitative estimate of drug-likeness (QED) is 0.575. The molecule has 1 heterocycles. The maximum absolute atomic E-state index is 13.3. The van der Waals surface area contributed by atoms with Gasteiger partial charge in [-0.3, -0.25) is 0 Å². The van der Waals surface area contributed by atoms with E-state index in [9.17, 15) is 14.0 Å². The van der Waals surface area contributed by atoms with Gasteiger partial charge in [0.15, 0.2) is 0 Å². The molecule has 0 N–H and O–H groups in total. The summed E-state index contributed by atoms with van der Waals surface area (Å²) < 4.78 is 20.2. The van der Waals surface area contributed by atoms with Crippen molar-refractivity contribution in [3.63, 3.8) is 0 Å². The number of carbonyl (C=O) groups is 2. The molecule has 1 amide bonds. The fourth-order valence-electron chi connectivity index (χ4n) is 3.51. The molecule has 2 atom stereocenters. The second-order valence-electron chi connectivity index (χ2n) is 6.75. The number of halogens is 2. The van der Waals surface area contributed by atoms with Crippen molar-refractivity contribution in [1.29, 1.82) is 0 Å². The van der Waals surface area contributed by atoms with Crippen LogP contribution in [0.3, 0.4) is 0 Å². The first-order valence-electron chi connectivity index (χ1n) is 8.90. The number of rotatable bonds is 6. The Morgan fingerprint density at radius 3 is 2.48 bits per heavy atom. The number of hydrogen-bond donors (Lipinski definition) is 0. The highest BCUT2D eigenvalue weighted by Crippen LogP contribution is 2.40. The first-order chi connectivity index (χ1) is 12.9. The predicted molar refractivity (Wildman–Crippen MR) is 104 cm³/mol. The number of amides is 1. The molecule has 4 nitrogen and oxygen atoms in total. The molecule has 0 radical (unpaired) electrons. The van der Waals surface area contributed by atoms with Gasteiger partial charge in [-0.2, -0.15) is 0 Å². The molecule has 0 aliphatic carbocycles. The predicted octanol–water partition coefficient (Wildman–Crippen LogP) is 5.37. The van der Waals surface area contributed by atoms with Gasteiger partial charge in [0, 0.05) is 23.9 Å². The van der Waals surface area contributed by atoms with Crippen LogP contribution in [0.4, 0.5) is 9.18 Å². The van der Waals surface area contributed by atoms with E-state index in [1.807, 2.05) is 31.2 Å². The minimum atomic E-state index is -0.901. The lowest BCUT2D eigenvalue weighted by Gasteiger charge is -2.43. The normalized spacial score (nSPS) is 20.9. The zero-order valence-corrected chi connectivity index (χ0v) is 16.6. The lowest BCUT2D eigenvalue weighted by molar-refractivity contribution is -0.111. The zero-order chi connectivity index (χ0) is 19.4. The van der Waals surface area contributed by atoms with Crippen molar-refractivity contribution >= 4 is 28.3 Å². The van der Waals surface area contributed by atoms with Gasteiger partial charge in [-0.1, -0.05) is 40.2 Å². The minimum absolute atomic E-state index is 0.136. The molecular formula is C21H21BrFNO3. The Balaban J connectivity index is 1.82. The Morgan fingerprint density at radius 1 is 1.22 bits per heavy atom. The van der Waals surface area contributed by atoms with E-state index in [1.165, 1.54) is 12.1 Å². The van der Waals surface area contributed by atoms with Crippen LogP contribution in [-0.4, -0.2) is 23.8 Å². The summed E-state index contributed by atoms with van der Waals surface area (Å²) in [7, 11) is 0. The van der Waals surface area contributed by atoms with E-state index in [-0.39, 0.29) is 18.3 Å². The molecule has 0 aromatic heterocycles. The molecule has 142 valence electrons. The molecule has 1 fully saturated rings. The van der Waals surface area contributed by atoms with Crippen LogP contribution in [0.5, 0.6) is 0 Å². The van der Waals surface area contributed by atoms with Gasteiger partial charge in [-0.25, -0.2) is 9.18 Å². The maximum atomic E-state index is 13.3. The van der Waals surface area contributed by atoms with E-state index in [2.05, 4.69) is 15.9 Å². The smallest absolute Gasteiger partial charge is 0.411 e. The Labute approximate surface area is 166 Å². The third-order valence-corrected chi connectivity index (χ3v) is 5.66. The molecule has 3 rings (SSSR count). The monoisotopic (exact) mass is 433 g/mol. The van der Waals surface area contributed by atoms with Crippen LogP contribution in [0, 0.1) is 5.82 Å². The first kappa shape index (κ1) is 19.5. The average molecular weight is 434 g/mol. The summed E-state index contributed by atoms with van der Waals surface area (Å²) in [5.41, 5.74) is 0.828. The molecule has 0 unspecified atom stereocenters. The van der Waals surface area contributed by atoms with E-state index in [1.54, 1.807) is 17.0 Å². The van der Waals surface area contributed by atoms with Crippen molar-refractivity contribution in [3.05, 3.63) is 69.9 Å². The van der Waals surface area contributed by atoms with Gasteiger partial charge >= 0.3 is 6.09 Å². The van der Waals surface area contributed by atoms with Gasteiger partial charge in [0.2, 0.25) is 0 Å². The van der Waals surface area contributed by atoms with Crippen LogP contribution in [0.15, 0.2) is 53.0 Å². The lowest BCUT2D eigenvalue weighted by atomic mass is 9.84. The summed E-state index contributed by atoms with van der Waals surface area (Å²) in [5.74, 6) is -0.350. The van der Waals surface area contributed by atoms with Gasteiger partial charge < -0.3 is 14.4 Å². The molecule has 0 bridgehead atoms. The van der Waals surface area contributed by atoms with Crippen molar-refractivity contribution < 1.29 is 18.7 Å². The number of cyclic esters (lactones) is 1. The first-order valence-corrected chi connectivity index (χ1v) is 9.69. The summed E-state index contributed by atoms with van der Waals surface area (Å²) in [4.78, 5) is 25.4. The highest BCUT2D eigenvalue weighted by atomic mass is 79.9. The van der Waals surface area contributed by atoms with Crippen molar-refractivity contribution in [2.24, 2.45) is 0 Å². The van der Waals surface area contributed by atoms with Crippen LogP contribution < -0.4 is 0 Å². The summed E-state index contributed by atoms with van der Waals surface area (Å²) in [6.07, 6.45) is 1.59. The van der Waals surface area contributed by atoms with Crippen molar-refractivity contribution in [2.45, 2.75) is 37.8 Å². The molecule has 27 heavy (non-hydrogen) atoms. The molecule has 2 aromatic carbocycles. The van der Waals surface area contributed by atoms with Gasteiger partial charge in [0.25, 0.3) is 0 Å². The third kappa shape index (κ3) is 4.21. The summed E-state index contributed by atoms with van der Waals surface area (Å²) in [6, 6.07) is 13.6. The van der Waals surface area contributed by atoms with Crippen molar-refractivity contribution in [1.82, 2.24) is 4.90 Å². The van der Waals surface area contributed by atoms with Crippen LogP contribution in [0.1, 0.15) is 43.4 Å². The largest absolute Gasteiger partial charge is 0.438 e.